The summed E-state index contributed by atoms with van der Waals surface area (Å²) in [6, 6.07) is 12.5. The van der Waals surface area contributed by atoms with Crippen LogP contribution in [0.5, 0.6) is 23.0 Å². The monoisotopic (exact) mass is 344 g/mol. The van der Waals surface area contributed by atoms with Crippen molar-refractivity contribution in [3.8, 4) is 23.0 Å². The lowest BCUT2D eigenvalue weighted by molar-refractivity contribution is -0.131. The van der Waals surface area contributed by atoms with Gasteiger partial charge in [0.15, 0.2) is 11.5 Å². The molecular formula is C19H20O6. The van der Waals surface area contributed by atoms with Gasteiger partial charge in [-0.05, 0) is 48.0 Å². The largest absolute Gasteiger partial charge is 0.497 e. The van der Waals surface area contributed by atoms with Crippen molar-refractivity contribution in [2.75, 3.05) is 27.4 Å². The van der Waals surface area contributed by atoms with Gasteiger partial charge in [-0.1, -0.05) is 6.07 Å². The van der Waals surface area contributed by atoms with Crippen molar-refractivity contribution >= 4 is 12.0 Å². The van der Waals surface area contributed by atoms with Gasteiger partial charge < -0.3 is 24.1 Å². The topological polar surface area (TPSA) is 74.2 Å². The number of benzene rings is 2. The number of carbonyl (C=O) groups is 1. The highest BCUT2D eigenvalue weighted by Gasteiger charge is 2.05. The number of rotatable bonds is 9. The summed E-state index contributed by atoms with van der Waals surface area (Å²) in [5.74, 6) is 1.56. The number of aliphatic carboxylic acids is 1. The first kappa shape index (κ1) is 18.2. The Labute approximate surface area is 146 Å². The minimum Gasteiger partial charge on any atom is -0.497 e. The van der Waals surface area contributed by atoms with Crippen molar-refractivity contribution in [2.45, 2.75) is 0 Å². The van der Waals surface area contributed by atoms with E-state index in [1.54, 1.807) is 32.4 Å². The Morgan fingerprint density at radius 2 is 1.60 bits per heavy atom. The van der Waals surface area contributed by atoms with Crippen molar-refractivity contribution in [2.24, 2.45) is 0 Å². The molecule has 0 aliphatic carbocycles. The van der Waals surface area contributed by atoms with Crippen molar-refractivity contribution in [3.05, 3.63) is 54.1 Å². The van der Waals surface area contributed by atoms with E-state index in [2.05, 4.69) is 0 Å². The van der Waals surface area contributed by atoms with E-state index in [1.165, 1.54) is 6.08 Å². The standard InChI is InChI=1S/C19H20O6/c1-22-15-5-7-16(8-6-15)24-11-12-25-18-13-14(4-10-19(20)21)3-9-17(18)23-2/h3-10,13H,11-12H2,1-2H3,(H,20,21). The van der Waals surface area contributed by atoms with Gasteiger partial charge in [0.25, 0.3) is 0 Å². The van der Waals surface area contributed by atoms with Crippen LogP contribution in [0.2, 0.25) is 0 Å². The molecule has 25 heavy (non-hydrogen) atoms. The predicted octanol–water partition coefficient (Wildman–Crippen LogP) is 3.26. The summed E-state index contributed by atoms with van der Waals surface area (Å²) in [6.45, 7) is 0.666. The first-order chi connectivity index (χ1) is 12.1. The Balaban J connectivity index is 1.91. The molecule has 0 unspecified atom stereocenters. The smallest absolute Gasteiger partial charge is 0.328 e. The van der Waals surface area contributed by atoms with Crippen molar-refractivity contribution in [1.82, 2.24) is 0 Å². The zero-order chi connectivity index (χ0) is 18.1. The van der Waals surface area contributed by atoms with Crippen molar-refractivity contribution in [3.63, 3.8) is 0 Å². The predicted molar refractivity (Wildman–Crippen MR) is 93.6 cm³/mol. The molecule has 0 saturated carbocycles. The molecule has 6 nitrogen and oxygen atoms in total. The maximum atomic E-state index is 10.6. The summed E-state index contributed by atoms with van der Waals surface area (Å²) in [7, 11) is 3.15. The van der Waals surface area contributed by atoms with Gasteiger partial charge in [-0.15, -0.1) is 0 Å². The molecule has 0 spiro atoms. The fourth-order valence-corrected chi connectivity index (χ4v) is 2.06. The molecule has 2 rings (SSSR count). The number of carboxylic acid groups (broad SMARTS) is 1. The van der Waals surface area contributed by atoms with Gasteiger partial charge in [0.05, 0.1) is 14.2 Å². The lowest BCUT2D eigenvalue weighted by Crippen LogP contribution is -2.09. The van der Waals surface area contributed by atoms with Gasteiger partial charge in [0.1, 0.15) is 24.7 Å². The Kier molecular flexibility index (Phi) is 6.71. The van der Waals surface area contributed by atoms with E-state index >= 15 is 0 Å². The summed E-state index contributed by atoms with van der Waals surface area (Å²) in [5.41, 5.74) is 0.703. The highest BCUT2D eigenvalue weighted by atomic mass is 16.5. The first-order valence-corrected chi connectivity index (χ1v) is 7.61. The molecule has 2 aromatic rings. The summed E-state index contributed by atoms with van der Waals surface area (Å²) in [6.07, 6.45) is 2.56. The quantitative estimate of drug-likeness (QED) is 0.556. The Bertz CT molecular complexity index is 721. The molecule has 0 radical (unpaired) electrons. The number of ether oxygens (including phenoxy) is 4. The van der Waals surface area contributed by atoms with Crippen LogP contribution in [0.15, 0.2) is 48.5 Å². The lowest BCUT2D eigenvalue weighted by Gasteiger charge is -2.12. The van der Waals surface area contributed by atoms with Gasteiger partial charge in [0.2, 0.25) is 0 Å². The highest BCUT2D eigenvalue weighted by Crippen LogP contribution is 2.28. The fraction of sp³-hybridized carbons (Fsp3) is 0.211. The molecule has 0 amide bonds. The third kappa shape index (κ3) is 5.76. The number of hydrogen-bond acceptors (Lipinski definition) is 5. The van der Waals surface area contributed by atoms with Gasteiger partial charge in [-0.3, -0.25) is 0 Å². The minimum atomic E-state index is -1.01. The first-order valence-electron chi connectivity index (χ1n) is 7.61. The molecule has 0 bridgehead atoms. The molecule has 0 aliphatic heterocycles. The molecule has 0 heterocycles. The van der Waals surface area contributed by atoms with E-state index in [9.17, 15) is 4.79 Å². The summed E-state index contributed by atoms with van der Waals surface area (Å²) in [4.78, 5) is 10.6. The van der Waals surface area contributed by atoms with Crippen LogP contribution in [0.1, 0.15) is 5.56 Å². The second-order valence-electron chi connectivity index (χ2n) is 4.95. The molecule has 132 valence electrons. The van der Waals surface area contributed by atoms with Crippen LogP contribution >= 0.6 is 0 Å². The van der Waals surface area contributed by atoms with Gasteiger partial charge in [-0.2, -0.15) is 0 Å². The SMILES string of the molecule is COc1ccc(OCCOc2cc(C=CC(=O)O)ccc2OC)cc1. The Morgan fingerprint density at radius 3 is 2.24 bits per heavy atom. The number of hydrogen-bond donors (Lipinski definition) is 1. The van der Waals surface area contributed by atoms with Crippen LogP contribution < -0.4 is 18.9 Å². The molecule has 2 aromatic carbocycles. The van der Waals surface area contributed by atoms with Crippen LogP contribution in [-0.4, -0.2) is 38.5 Å². The summed E-state index contributed by atoms with van der Waals surface area (Å²) >= 11 is 0. The number of carboxylic acids is 1. The second kappa shape index (κ2) is 9.22. The normalized spacial score (nSPS) is 10.5. The lowest BCUT2D eigenvalue weighted by atomic mass is 10.2. The van der Waals surface area contributed by atoms with Crippen LogP contribution in [0.4, 0.5) is 0 Å². The molecule has 1 N–H and O–H groups in total. The average Bonchev–Trinajstić information content (AvgIpc) is 2.64. The summed E-state index contributed by atoms with van der Waals surface area (Å²) < 4.78 is 21.6. The van der Waals surface area contributed by atoms with Crippen LogP contribution in [0, 0.1) is 0 Å². The second-order valence-corrected chi connectivity index (χ2v) is 4.95. The molecule has 0 atom stereocenters. The molecule has 6 heteroatoms. The Hall–Kier alpha value is -3.15. The van der Waals surface area contributed by atoms with E-state index in [4.69, 9.17) is 24.1 Å². The van der Waals surface area contributed by atoms with Gasteiger partial charge >= 0.3 is 5.97 Å². The average molecular weight is 344 g/mol. The molecular weight excluding hydrogens is 324 g/mol. The van der Waals surface area contributed by atoms with Crippen LogP contribution in [0.25, 0.3) is 6.08 Å². The van der Waals surface area contributed by atoms with Crippen LogP contribution in [0.3, 0.4) is 0 Å². The number of methoxy groups -OCH3 is 2. The third-order valence-corrected chi connectivity index (χ3v) is 3.28. The zero-order valence-electron chi connectivity index (χ0n) is 14.1. The summed E-state index contributed by atoms with van der Waals surface area (Å²) in [5, 5.41) is 8.69. The third-order valence-electron chi connectivity index (χ3n) is 3.28. The van der Waals surface area contributed by atoms with Gasteiger partial charge in [-0.25, -0.2) is 4.79 Å². The molecule has 0 saturated heterocycles. The van der Waals surface area contributed by atoms with E-state index in [0.29, 0.717) is 30.3 Å². The van der Waals surface area contributed by atoms with E-state index < -0.39 is 5.97 Å². The maximum absolute atomic E-state index is 10.6. The highest BCUT2D eigenvalue weighted by molar-refractivity contribution is 5.85. The van der Waals surface area contributed by atoms with E-state index in [-0.39, 0.29) is 0 Å². The maximum Gasteiger partial charge on any atom is 0.328 e. The van der Waals surface area contributed by atoms with E-state index in [0.717, 1.165) is 17.6 Å². The minimum absolute atomic E-state index is 0.314. The van der Waals surface area contributed by atoms with Crippen molar-refractivity contribution < 1.29 is 28.8 Å². The fourth-order valence-electron chi connectivity index (χ4n) is 2.06. The van der Waals surface area contributed by atoms with Gasteiger partial charge in [0, 0.05) is 6.08 Å². The molecule has 0 aromatic heterocycles. The van der Waals surface area contributed by atoms with E-state index in [1.807, 2.05) is 24.3 Å². The van der Waals surface area contributed by atoms with Crippen LogP contribution in [-0.2, 0) is 4.79 Å². The molecule has 0 aliphatic rings. The Morgan fingerprint density at radius 1 is 0.920 bits per heavy atom. The van der Waals surface area contributed by atoms with Crippen molar-refractivity contribution in [1.29, 1.82) is 0 Å². The molecule has 0 fully saturated rings. The zero-order valence-corrected chi connectivity index (χ0v) is 14.1.